The smallest absolute Gasteiger partial charge is 0.262 e. The largest absolute Gasteiger partial charge is 0.374 e. The number of hydrogen-bond acceptors (Lipinski definition) is 5. The highest BCUT2D eigenvalue weighted by Crippen LogP contribution is 2.30. The highest BCUT2D eigenvalue weighted by Gasteiger charge is 2.14. The third kappa shape index (κ3) is 5.79. The van der Waals surface area contributed by atoms with E-state index in [4.69, 9.17) is 4.74 Å². The number of aryl methyl sites for hydroxylation is 2. The molecule has 176 valence electrons. The summed E-state index contributed by atoms with van der Waals surface area (Å²) in [5.41, 5.74) is 4.08. The number of thiophene rings is 1. The lowest BCUT2D eigenvalue weighted by Crippen LogP contribution is -2.28. The van der Waals surface area contributed by atoms with Gasteiger partial charge < -0.3 is 10.1 Å². The van der Waals surface area contributed by atoms with E-state index in [2.05, 4.69) is 10.3 Å². The van der Waals surface area contributed by atoms with Crippen molar-refractivity contribution in [3.05, 3.63) is 87.8 Å². The molecule has 0 saturated heterocycles. The average Bonchev–Trinajstić information content (AvgIpc) is 3.29. The molecule has 7 heteroatoms. The molecular formula is C27H29N3O3S. The molecule has 1 amide bonds. The zero-order chi connectivity index (χ0) is 23.9. The van der Waals surface area contributed by atoms with Gasteiger partial charge >= 0.3 is 0 Å². The van der Waals surface area contributed by atoms with E-state index in [1.54, 1.807) is 0 Å². The number of carbonyl (C=O) groups is 1. The summed E-state index contributed by atoms with van der Waals surface area (Å²) in [5, 5.41) is 5.49. The first-order chi connectivity index (χ1) is 16.5. The second-order valence-corrected chi connectivity index (χ2v) is 9.17. The predicted molar refractivity (Wildman–Crippen MR) is 137 cm³/mol. The van der Waals surface area contributed by atoms with Crippen LogP contribution in [0.2, 0.25) is 0 Å². The number of rotatable bonds is 10. The first kappa shape index (κ1) is 23.9. The number of carbonyl (C=O) groups excluding carboxylic acids is 1. The second kappa shape index (κ2) is 11.2. The van der Waals surface area contributed by atoms with Gasteiger partial charge in [0.2, 0.25) is 5.91 Å². The molecule has 0 aliphatic heterocycles. The van der Waals surface area contributed by atoms with Crippen LogP contribution >= 0.6 is 11.3 Å². The van der Waals surface area contributed by atoms with Crippen molar-refractivity contribution in [1.82, 2.24) is 14.9 Å². The van der Waals surface area contributed by atoms with E-state index in [0.29, 0.717) is 29.9 Å². The van der Waals surface area contributed by atoms with Gasteiger partial charge in [-0.1, -0.05) is 60.2 Å². The summed E-state index contributed by atoms with van der Waals surface area (Å²) in [6.45, 7) is 5.45. The summed E-state index contributed by atoms with van der Waals surface area (Å²) < 4.78 is 7.36. The van der Waals surface area contributed by atoms with Gasteiger partial charge in [0.15, 0.2) is 0 Å². The Bertz CT molecular complexity index is 1300. The summed E-state index contributed by atoms with van der Waals surface area (Å²) in [6.07, 6.45) is 2.50. The van der Waals surface area contributed by atoms with Crippen LogP contribution in [0.3, 0.4) is 0 Å². The van der Waals surface area contributed by atoms with E-state index < -0.39 is 0 Å². The molecule has 1 atom stereocenters. The highest BCUT2D eigenvalue weighted by molar-refractivity contribution is 7.17. The lowest BCUT2D eigenvalue weighted by molar-refractivity contribution is -0.121. The van der Waals surface area contributed by atoms with Gasteiger partial charge in [-0.15, -0.1) is 11.3 Å². The minimum Gasteiger partial charge on any atom is -0.374 e. The molecule has 6 nitrogen and oxygen atoms in total. The molecule has 0 spiro atoms. The third-order valence-electron chi connectivity index (χ3n) is 5.78. The fourth-order valence-electron chi connectivity index (χ4n) is 3.76. The molecule has 0 saturated carbocycles. The molecule has 2 heterocycles. The van der Waals surface area contributed by atoms with Crippen LogP contribution in [0.4, 0.5) is 0 Å². The summed E-state index contributed by atoms with van der Waals surface area (Å²) in [6, 6.07) is 18.2. The van der Waals surface area contributed by atoms with Crippen LogP contribution in [0.15, 0.2) is 71.1 Å². The van der Waals surface area contributed by atoms with Crippen molar-refractivity contribution < 1.29 is 9.53 Å². The highest BCUT2D eigenvalue weighted by atomic mass is 32.1. The third-order valence-corrected chi connectivity index (χ3v) is 6.67. The molecule has 2 aromatic carbocycles. The van der Waals surface area contributed by atoms with E-state index in [1.807, 2.05) is 73.8 Å². The fraction of sp³-hybridized carbons (Fsp3) is 0.296. The molecule has 2 aromatic heterocycles. The van der Waals surface area contributed by atoms with Gasteiger partial charge in [0.25, 0.3) is 5.56 Å². The monoisotopic (exact) mass is 475 g/mol. The minimum absolute atomic E-state index is 0.0214. The molecule has 0 fully saturated rings. The molecule has 4 rings (SSSR count). The van der Waals surface area contributed by atoms with Crippen molar-refractivity contribution in [3.63, 3.8) is 0 Å². The Kier molecular flexibility index (Phi) is 7.87. The second-order valence-electron chi connectivity index (χ2n) is 8.32. The number of hydrogen-bond donors (Lipinski definition) is 1. The maximum Gasteiger partial charge on any atom is 0.262 e. The normalized spacial score (nSPS) is 12.1. The van der Waals surface area contributed by atoms with E-state index in [1.165, 1.54) is 27.8 Å². The first-order valence-corrected chi connectivity index (χ1v) is 12.4. The topological polar surface area (TPSA) is 73.2 Å². The Morgan fingerprint density at radius 1 is 1.15 bits per heavy atom. The van der Waals surface area contributed by atoms with Crippen molar-refractivity contribution in [2.24, 2.45) is 0 Å². The quantitative estimate of drug-likeness (QED) is 0.324. The Hall–Kier alpha value is -3.29. The SMILES string of the molecule is Cc1ccc(-c2csc3ncn(CCC(=O)NCCCOC(C)c4ccccc4)c(=O)c23)cc1. The predicted octanol–water partition coefficient (Wildman–Crippen LogP) is 5.11. The van der Waals surface area contributed by atoms with Crippen molar-refractivity contribution in [2.45, 2.75) is 39.3 Å². The van der Waals surface area contributed by atoms with E-state index in [-0.39, 0.29) is 24.0 Å². The molecule has 0 aliphatic rings. The summed E-state index contributed by atoms with van der Waals surface area (Å²) in [5.74, 6) is -0.0906. The van der Waals surface area contributed by atoms with Crippen molar-refractivity contribution in [3.8, 4) is 11.1 Å². The molecule has 0 bridgehead atoms. The number of fused-ring (bicyclic) bond motifs is 1. The lowest BCUT2D eigenvalue weighted by Gasteiger charge is -2.13. The number of aromatic nitrogens is 2. The van der Waals surface area contributed by atoms with Crippen molar-refractivity contribution in [2.75, 3.05) is 13.2 Å². The minimum atomic E-state index is -0.113. The Labute approximate surface area is 203 Å². The van der Waals surface area contributed by atoms with Crippen molar-refractivity contribution in [1.29, 1.82) is 0 Å². The number of benzene rings is 2. The Morgan fingerprint density at radius 2 is 1.91 bits per heavy atom. The number of amides is 1. The maximum atomic E-state index is 13.1. The molecule has 1 unspecified atom stereocenters. The number of ether oxygens (including phenoxy) is 1. The van der Waals surface area contributed by atoms with Gasteiger partial charge in [0, 0.05) is 37.1 Å². The lowest BCUT2D eigenvalue weighted by atomic mass is 10.1. The average molecular weight is 476 g/mol. The molecule has 34 heavy (non-hydrogen) atoms. The Balaban J connectivity index is 1.28. The standard InChI is InChI=1S/C27H29N3O3S/c1-19-9-11-22(12-10-19)23-17-34-26-25(23)27(32)30(18-29-26)15-13-24(31)28-14-6-16-33-20(2)21-7-4-3-5-8-21/h3-5,7-12,17-18,20H,6,13-16H2,1-2H3,(H,28,31). The molecule has 0 radical (unpaired) electrons. The van der Waals surface area contributed by atoms with Crippen LogP contribution in [-0.4, -0.2) is 28.6 Å². The van der Waals surface area contributed by atoms with Crippen LogP contribution < -0.4 is 10.9 Å². The summed E-state index contributed by atoms with van der Waals surface area (Å²) >= 11 is 1.46. The fourth-order valence-corrected chi connectivity index (χ4v) is 4.67. The molecular weight excluding hydrogens is 446 g/mol. The summed E-state index contributed by atoms with van der Waals surface area (Å²) in [7, 11) is 0. The van der Waals surface area contributed by atoms with Crippen LogP contribution in [0.1, 0.15) is 37.0 Å². The van der Waals surface area contributed by atoms with E-state index >= 15 is 0 Å². The van der Waals surface area contributed by atoms with Crippen LogP contribution in [0, 0.1) is 6.92 Å². The van der Waals surface area contributed by atoms with Gasteiger partial charge in [0.1, 0.15) is 4.83 Å². The van der Waals surface area contributed by atoms with Crippen LogP contribution in [-0.2, 0) is 16.1 Å². The molecule has 0 aliphatic carbocycles. The van der Waals surface area contributed by atoms with Crippen LogP contribution in [0.25, 0.3) is 21.3 Å². The molecule has 1 N–H and O–H groups in total. The van der Waals surface area contributed by atoms with Gasteiger partial charge in [-0.3, -0.25) is 14.2 Å². The van der Waals surface area contributed by atoms with Gasteiger partial charge in [-0.25, -0.2) is 4.98 Å². The zero-order valence-corrected chi connectivity index (χ0v) is 20.3. The van der Waals surface area contributed by atoms with E-state index in [9.17, 15) is 9.59 Å². The van der Waals surface area contributed by atoms with Crippen molar-refractivity contribution >= 4 is 27.5 Å². The maximum absolute atomic E-state index is 13.1. The Morgan fingerprint density at radius 3 is 2.68 bits per heavy atom. The van der Waals surface area contributed by atoms with Crippen LogP contribution in [0.5, 0.6) is 0 Å². The first-order valence-electron chi connectivity index (χ1n) is 11.5. The van der Waals surface area contributed by atoms with Gasteiger partial charge in [-0.05, 0) is 31.4 Å². The number of nitrogens with zero attached hydrogens (tertiary/aromatic N) is 2. The number of nitrogens with one attached hydrogen (secondary N) is 1. The van der Waals surface area contributed by atoms with E-state index in [0.717, 1.165) is 23.1 Å². The molecule has 4 aromatic rings. The van der Waals surface area contributed by atoms with Gasteiger partial charge in [-0.2, -0.15) is 0 Å². The van der Waals surface area contributed by atoms with Gasteiger partial charge in [0.05, 0.1) is 17.8 Å². The zero-order valence-electron chi connectivity index (χ0n) is 19.5. The summed E-state index contributed by atoms with van der Waals surface area (Å²) in [4.78, 5) is 30.6.